The van der Waals surface area contributed by atoms with Gasteiger partial charge < -0.3 is 19.3 Å². The number of ether oxygens (including phenoxy) is 2. The van der Waals surface area contributed by atoms with Crippen LogP contribution < -0.4 is 9.47 Å². The number of fused-ring (bicyclic) bond motifs is 1. The van der Waals surface area contributed by atoms with E-state index in [9.17, 15) is 9.59 Å². The molecule has 1 atom stereocenters. The summed E-state index contributed by atoms with van der Waals surface area (Å²) in [5, 5.41) is 0. The van der Waals surface area contributed by atoms with Crippen molar-refractivity contribution in [1.29, 1.82) is 0 Å². The molecule has 0 spiro atoms. The van der Waals surface area contributed by atoms with Crippen LogP contribution in [0.4, 0.5) is 0 Å². The third kappa shape index (κ3) is 5.81. The highest BCUT2D eigenvalue weighted by Gasteiger charge is 2.27. The maximum absolute atomic E-state index is 13.5. The molecule has 0 N–H and O–H groups in total. The molecule has 2 amide bonds. The molecule has 6 heteroatoms. The number of hydrogen-bond donors (Lipinski definition) is 0. The molecule has 172 valence electrons. The van der Waals surface area contributed by atoms with Crippen LogP contribution >= 0.6 is 0 Å². The number of amides is 2. The number of carbonyl (C=O) groups excluding carboxylic acids is 2. The predicted molar refractivity (Wildman–Crippen MR) is 125 cm³/mol. The van der Waals surface area contributed by atoms with Gasteiger partial charge in [-0.05, 0) is 61.6 Å². The van der Waals surface area contributed by atoms with Crippen molar-refractivity contribution >= 4 is 11.8 Å². The zero-order valence-corrected chi connectivity index (χ0v) is 19.5. The second-order valence-corrected chi connectivity index (χ2v) is 8.75. The van der Waals surface area contributed by atoms with Crippen LogP contribution in [0.5, 0.6) is 11.5 Å². The van der Waals surface area contributed by atoms with E-state index >= 15 is 0 Å². The summed E-state index contributed by atoms with van der Waals surface area (Å²) in [6, 6.07) is 14.5. The molecular weight excluding hydrogens is 404 g/mol. The van der Waals surface area contributed by atoms with E-state index in [2.05, 4.69) is 13.8 Å². The van der Waals surface area contributed by atoms with Crippen molar-refractivity contribution in [3.63, 3.8) is 0 Å². The fourth-order valence-electron chi connectivity index (χ4n) is 4.07. The van der Waals surface area contributed by atoms with E-state index < -0.39 is 0 Å². The van der Waals surface area contributed by atoms with Gasteiger partial charge in [0, 0.05) is 25.7 Å². The Morgan fingerprint density at radius 2 is 1.78 bits per heavy atom. The fraction of sp³-hybridized carbons (Fsp3) is 0.462. The Balaban J connectivity index is 1.92. The van der Waals surface area contributed by atoms with Gasteiger partial charge >= 0.3 is 0 Å². The molecular formula is C26H34N2O4. The summed E-state index contributed by atoms with van der Waals surface area (Å²) in [6.45, 7) is 5.90. The zero-order valence-electron chi connectivity index (χ0n) is 19.5. The van der Waals surface area contributed by atoms with Crippen LogP contribution in [-0.2, 0) is 0 Å². The predicted octanol–water partition coefficient (Wildman–Crippen LogP) is 4.50. The van der Waals surface area contributed by atoms with Gasteiger partial charge in [0.1, 0.15) is 18.1 Å². The summed E-state index contributed by atoms with van der Waals surface area (Å²) < 4.78 is 11.4. The van der Waals surface area contributed by atoms with Crippen molar-refractivity contribution < 1.29 is 19.1 Å². The second-order valence-electron chi connectivity index (χ2n) is 8.75. The van der Waals surface area contributed by atoms with Gasteiger partial charge in [-0.15, -0.1) is 0 Å². The molecule has 0 unspecified atom stereocenters. The minimum Gasteiger partial charge on any atom is -0.497 e. The molecule has 6 nitrogen and oxygen atoms in total. The van der Waals surface area contributed by atoms with Gasteiger partial charge in [0.2, 0.25) is 0 Å². The normalized spacial score (nSPS) is 17.8. The Labute approximate surface area is 191 Å². The zero-order chi connectivity index (χ0) is 23.1. The largest absolute Gasteiger partial charge is 0.497 e. The van der Waals surface area contributed by atoms with Gasteiger partial charge in [-0.25, -0.2) is 0 Å². The van der Waals surface area contributed by atoms with Crippen LogP contribution in [0, 0.1) is 5.92 Å². The third-order valence-corrected chi connectivity index (χ3v) is 5.82. The molecule has 2 aromatic carbocycles. The van der Waals surface area contributed by atoms with Gasteiger partial charge in [-0.2, -0.15) is 0 Å². The minimum absolute atomic E-state index is 0.00308. The maximum Gasteiger partial charge on any atom is 0.257 e. The van der Waals surface area contributed by atoms with Crippen molar-refractivity contribution in [3.05, 3.63) is 59.7 Å². The van der Waals surface area contributed by atoms with Gasteiger partial charge in [0.15, 0.2) is 0 Å². The van der Waals surface area contributed by atoms with Crippen molar-refractivity contribution in [2.45, 2.75) is 39.2 Å². The van der Waals surface area contributed by atoms with Crippen LogP contribution in [-0.4, -0.2) is 61.5 Å². The lowest BCUT2D eigenvalue weighted by molar-refractivity contribution is 0.0559. The van der Waals surface area contributed by atoms with Gasteiger partial charge in [-0.3, -0.25) is 9.59 Å². The Hall–Kier alpha value is -3.02. The third-order valence-electron chi connectivity index (χ3n) is 5.82. The maximum atomic E-state index is 13.5. The molecule has 2 aromatic rings. The first-order chi connectivity index (χ1) is 15.4. The number of para-hydroxylation sites is 1. The number of carbonyl (C=O) groups is 2. The lowest BCUT2D eigenvalue weighted by Gasteiger charge is -2.34. The van der Waals surface area contributed by atoms with Crippen LogP contribution in [0.25, 0.3) is 0 Å². The molecule has 0 radical (unpaired) electrons. The Bertz CT molecular complexity index is 910. The Morgan fingerprint density at radius 3 is 2.47 bits per heavy atom. The summed E-state index contributed by atoms with van der Waals surface area (Å²) in [7, 11) is 3.43. The van der Waals surface area contributed by atoms with Crippen molar-refractivity contribution in [1.82, 2.24) is 9.80 Å². The average Bonchev–Trinajstić information content (AvgIpc) is 2.80. The van der Waals surface area contributed by atoms with Gasteiger partial charge in [0.25, 0.3) is 11.8 Å². The number of methoxy groups -OCH3 is 1. The van der Waals surface area contributed by atoms with Gasteiger partial charge in [-0.1, -0.05) is 26.0 Å². The molecule has 32 heavy (non-hydrogen) atoms. The molecule has 1 aliphatic rings. The topological polar surface area (TPSA) is 59.1 Å². The number of nitrogens with zero attached hydrogens (tertiary/aromatic N) is 2. The first-order valence-corrected chi connectivity index (χ1v) is 11.3. The van der Waals surface area contributed by atoms with E-state index in [0.717, 1.165) is 25.0 Å². The van der Waals surface area contributed by atoms with Crippen LogP contribution in [0.1, 0.15) is 53.8 Å². The van der Waals surface area contributed by atoms with E-state index in [1.54, 1.807) is 18.1 Å². The van der Waals surface area contributed by atoms with Crippen LogP contribution in [0.2, 0.25) is 0 Å². The van der Waals surface area contributed by atoms with E-state index in [1.807, 2.05) is 54.4 Å². The molecule has 0 aliphatic carbocycles. The number of hydrogen-bond acceptors (Lipinski definition) is 4. The standard InChI is InChI=1S/C26H34N2O4/c1-19(2)17-21-18-32-24-10-6-5-9-23(24)26(30)27(3)15-7-8-16-28(21)25(29)20-11-13-22(31-4)14-12-20/h5-6,9-14,19,21H,7-8,15-18H2,1-4H3/t21-/m0/s1. The second kappa shape index (κ2) is 11.0. The molecule has 0 fully saturated rings. The molecule has 1 aliphatic heterocycles. The Kier molecular flexibility index (Phi) is 8.14. The van der Waals surface area contributed by atoms with Crippen molar-refractivity contribution in [2.75, 3.05) is 33.9 Å². The lowest BCUT2D eigenvalue weighted by Crippen LogP contribution is -2.45. The Morgan fingerprint density at radius 1 is 1.09 bits per heavy atom. The van der Waals surface area contributed by atoms with Crippen molar-refractivity contribution in [2.24, 2.45) is 5.92 Å². The first kappa shape index (κ1) is 23.6. The molecule has 0 saturated carbocycles. The molecule has 1 heterocycles. The smallest absolute Gasteiger partial charge is 0.257 e. The summed E-state index contributed by atoms with van der Waals surface area (Å²) in [5.74, 6) is 1.65. The monoisotopic (exact) mass is 438 g/mol. The highest BCUT2D eigenvalue weighted by molar-refractivity contribution is 5.97. The first-order valence-electron chi connectivity index (χ1n) is 11.3. The summed E-state index contributed by atoms with van der Waals surface area (Å²) in [5.41, 5.74) is 1.20. The van der Waals surface area contributed by atoms with Crippen molar-refractivity contribution in [3.8, 4) is 11.5 Å². The fourth-order valence-corrected chi connectivity index (χ4v) is 4.07. The lowest BCUT2D eigenvalue weighted by atomic mass is 10.0. The highest BCUT2D eigenvalue weighted by atomic mass is 16.5. The van der Waals surface area contributed by atoms with E-state index in [0.29, 0.717) is 42.5 Å². The molecule has 0 saturated heterocycles. The molecule has 3 rings (SSSR count). The van der Waals surface area contributed by atoms with Crippen LogP contribution in [0.3, 0.4) is 0 Å². The van der Waals surface area contributed by atoms with E-state index in [4.69, 9.17) is 9.47 Å². The summed E-state index contributed by atoms with van der Waals surface area (Å²) in [4.78, 5) is 30.1. The number of benzene rings is 2. The summed E-state index contributed by atoms with van der Waals surface area (Å²) >= 11 is 0. The summed E-state index contributed by atoms with van der Waals surface area (Å²) in [6.07, 6.45) is 2.46. The number of rotatable bonds is 4. The minimum atomic E-state index is -0.0927. The van der Waals surface area contributed by atoms with Gasteiger partial charge in [0.05, 0.1) is 18.7 Å². The average molecular weight is 439 g/mol. The molecule has 0 bridgehead atoms. The highest BCUT2D eigenvalue weighted by Crippen LogP contribution is 2.24. The van der Waals surface area contributed by atoms with Crippen LogP contribution in [0.15, 0.2) is 48.5 Å². The SMILES string of the molecule is COc1ccc(C(=O)N2CCCCN(C)C(=O)c3ccccc3OC[C@@H]2CC(C)C)cc1. The quantitative estimate of drug-likeness (QED) is 0.705. The van der Waals surface area contributed by atoms with E-state index in [1.165, 1.54) is 0 Å². The molecule has 0 aromatic heterocycles. The van der Waals surface area contributed by atoms with E-state index in [-0.39, 0.29) is 17.9 Å².